The molecule has 1 atom stereocenters. The molecule has 2 heterocycles. The van der Waals surface area contributed by atoms with E-state index in [0.29, 0.717) is 6.04 Å². The molecule has 1 aromatic carbocycles. The highest BCUT2D eigenvalue weighted by Crippen LogP contribution is 2.35. The predicted molar refractivity (Wildman–Crippen MR) is 89.2 cm³/mol. The highest BCUT2D eigenvalue weighted by atomic mass is 35.5. The number of aryl methyl sites for hydroxylation is 1. The predicted octanol–water partition coefficient (Wildman–Crippen LogP) is 4.11. The van der Waals surface area contributed by atoms with E-state index in [0.717, 1.165) is 22.9 Å². The van der Waals surface area contributed by atoms with Gasteiger partial charge in [0.1, 0.15) is 5.65 Å². The summed E-state index contributed by atoms with van der Waals surface area (Å²) in [6.45, 7) is 0.846. The molecule has 22 heavy (non-hydrogen) atoms. The molecule has 0 N–H and O–H groups in total. The number of imidazole rings is 1. The lowest BCUT2D eigenvalue weighted by Gasteiger charge is -2.24. The third kappa shape index (κ3) is 2.40. The summed E-state index contributed by atoms with van der Waals surface area (Å²) in [6.07, 6.45) is 6.33. The van der Waals surface area contributed by atoms with Gasteiger partial charge in [0.05, 0.1) is 10.7 Å². The van der Waals surface area contributed by atoms with Crippen LogP contribution in [-0.2, 0) is 13.0 Å². The Morgan fingerprint density at radius 1 is 1.23 bits per heavy atom. The number of hydrogen-bond donors (Lipinski definition) is 0. The highest BCUT2D eigenvalue weighted by molar-refractivity contribution is 6.30. The van der Waals surface area contributed by atoms with Crippen molar-refractivity contribution in [3.05, 3.63) is 70.6 Å². The van der Waals surface area contributed by atoms with Crippen LogP contribution in [0, 0.1) is 0 Å². The van der Waals surface area contributed by atoms with Crippen molar-refractivity contribution in [3.8, 4) is 0 Å². The van der Waals surface area contributed by atoms with Crippen LogP contribution in [0.1, 0.15) is 29.3 Å². The lowest BCUT2D eigenvalue weighted by Crippen LogP contribution is -2.22. The Balaban J connectivity index is 1.57. The van der Waals surface area contributed by atoms with Gasteiger partial charge in [0.15, 0.2) is 0 Å². The third-order valence-corrected chi connectivity index (χ3v) is 4.73. The van der Waals surface area contributed by atoms with Crippen molar-refractivity contribution in [2.45, 2.75) is 25.4 Å². The maximum Gasteiger partial charge on any atom is 0.137 e. The zero-order valence-corrected chi connectivity index (χ0v) is 13.3. The van der Waals surface area contributed by atoms with Crippen LogP contribution < -0.4 is 0 Å². The van der Waals surface area contributed by atoms with Crippen LogP contribution in [0.4, 0.5) is 0 Å². The van der Waals surface area contributed by atoms with Crippen molar-refractivity contribution >= 4 is 17.2 Å². The van der Waals surface area contributed by atoms with Gasteiger partial charge in [-0.2, -0.15) is 0 Å². The SMILES string of the molecule is CN(Cc1cn2cc(Cl)ccc2n1)C1CCc2ccccc21. The van der Waals surface area contributed by atoms with E-state index in [1.807, 2.05) is 22.7 Å². The van der Waals surface area contributed by atoms with Gasteiger partial charge in [0.25, 0.3) is 0 Å². The first-order valence-electron chi connectivity index (χ1n) is 7.62. The first-order chi connectivity index (χ1) is 10.7. The van der Waals surface area contributed by atoms with Crippen LogP contribution in [0.5, 0.6) is 0 Å². The molecule has 2 aromatic heterocycles. The lowest BCUT2D eigenvalue weighted by molar-refractivity contribution is 0.233. The van der Waals surface area contributed by atoms with Crippen LogP contribution in [0.3, 0.4) is 0 Å². The summed E-state index contributed by atoms with van der Waals surface area (Å²) in [5.41, 5.74) is 4.98. The normalized spacial score (nSPS) is 17.3. The number of pyridine rings is 1. The zero-order chi connectivity index (χ0) is 15.1. The average Bonchev–Trinajstić information content (AvgIpc) is 3.09. The Morgan fingerprint density at radius 2 is 2.09 bits per heavy atom. The number of benzene rings is 1. The largest absolute Gasteiger partial charge is 0.305 e. The standard InChI is InChI=1S/C18H18ClN3/c1-21(17-8-6-13-4-2-3-5-16(13)17)11-15-12-22-10-14(19)7-9-18(22)20-15/h2-5,7,9-10,12,17H,6,8,11H2,1H3. The number of aromatic nitrogens is 2. The first-order valence-corrected chi connectivity index (χ1v) is 8.00. The second-order valence-corrected chi connectivity index (χ2v) is 6.45. The maximum atomic E-state index is 6.03. The van der Waals surface area contributed by atoms with Gasteiger partial charge < -0.3 is 4.40 Å². The van der Waals surface area contributed by atoms with Crippen LogP contribution in [0.15, 0.2) is 48.8 Å². The minimum Gasteiger partial charge on any atom is -0.305 e. The van der Waals surface area contributed by atoms with Gasteiger partial charge in [-0.3, -0.25) is 4.90 Å². The Kier molecular flexibility index (Phi) is 3.40. The van der Waals surface area contributed by atoms with Crippen molar-refractivity contribution in [1.82, 2.24) is 14.3 Å². The summed E-state index contributed by atoms with van der Waals surface area (Å²) in [7, 11) is 2.18. The molecular formula is C18H18ClN3. The molecule has 1 aliphatic carbocycles. The van der Waals surface area contributed by atoms with Gasteiger partial charge >= 0.3 is 0 Å². The maximum absolute atomic E-state index is 6.03. The molecule has 0 saturated heterocycles. The molecule has 0 amide bonds. The van der Waals surface area contributed by atoms with Crippen molar-refractivity contribution in [2.24, 2.45) is 0 Å². The molecule has 3 nitrogen and oxygen atoms in total. The average molecular weight is 312 g/mol. The molecule has 0 fully saturated rings. The smallest absolute Gasteiger partial charge is 0.137 e. The molecule has 0 aliphatic heterocycles. The topological polar surface area (TPSA) is 20.5 Å². The molecule has 112 valence electrons. The van der Waals surface area contributed by atoms with Crippen LogP contribution in [0.2, 0.25) is 5.02 Å². The summed E-state index contributed by atoms with van der Waals surface area (Å²) >= 11 is 6.03. The molecule has 0 spiro atoms. The van der Waals surface area contributed by atoms with Gasteiger partial charge in [0, 0.05) is 25.0 Å². The zero-order valence-electron chi connectivity index (χ0n) is 12.5. The second kappa shape index (κ2) is 5.41. The molecular weight excluding hydrogens is 294 g/mol. The van der Waals surface area contributed by atoms with E-state index in [-0.39, 0.29) is 0 Å². The number of hydrogen-bond acceptors (Lipinski definition) is 2. The molecule has 0 bridgehead atoms. The first kappa shape index (κ1) is 13.8. The number of halogens is 1. The number of fused-ring (bicyclic) bond motifs is 2. The molecule has 3 aromatic rings. The lowest BCUT2D eigenvalue weighted by atomic mass is 10.1. The Hall–Kier alpha value is -1.84. The van der Waals surface area contributed by atoms with E-state index in [1.54, 1.807) is 0 Å². The Morgan fingerprint density at radius 3 is 3.00 bits per heavy atom. The van der Waals surface area contributed by atoms with E-state index in [2.05, 4.69) is 47.4 Å². The monoisotopic (exact) mass is 311 g/mol. The van der Waals surface area contributed by atoms with Crippen LogP contribution in [0.25, 0.3) is 5.65 Å². The third-order valence-electron chi connectivity index (χ3n) is 4.51. The quantitative estimate of drug-likeness (QED) is 0.725. The minimum atomic E-state index is 0.490. The van der Waals surface area contributed by atoms with Crippen molar-refractivity contribution in [3.63, 3.8) is 0 Å². The molecule has 4 heteroatoms. The van der Waals surface area contributed by atoms with Crippen molar-refractivity contribution in [1.29, 1.82) is 0 Å². The van der Waals surface area contributed by atoms with E-state index in [9.17, 15) is 0 Å². The van der Waals surface area contributed by atoms with Crippen LogP contribution in [-0.4, -0.2) is 21.3 Å². The summed E-state index contributed by atoms with van der Waals surface area (Å²) in [4.78, 5) is 7.08. The van der Waals surface area contributed by atoms with Gasteiger partial charge in [0.2, 0.25) is 0 Å². The van der Waals surface area contributed by atoms with Gasteiger partial charge in [-0.25, -0.2) is 4.98 Å². The molecule has 0 saturated carbocycles. The Bertz CT molecular complexity index is 824. The van der Waals surface area contributed by atoms with E-state index >= 15 is 0 Å². The van der Waals surface area contributed by atoms with Gasteiger partial charge in [-0.1, -0.05) is 35.9 Å². The molecule has 1 aliphatic rings. The fourth-order valence-corrected chi connectivity index (χ4v) is 3.62. The minimum absolute atomic E-state index is 0.490. The van der Waals surface area contributed by atoms with Crippen molar-refractivity contribution < 1.29 is 0 Å². The fourth-order valence-electron chi connectivity index (χ4n) is 3.45. The van der Waals surface area contributed by atoms with E-state index in [1.165, 1.54) is 24.0 Å². The van der Waals surface area contributed by atoms with Crippen LogP contribution >= 0.6 is 11.6 Å². The van der Waals surface area contributed by atoms with Gasteiger partial charge in [-0.15, -0.1) is 0 Å². The highest BCUT2D eigenvalue weighted by Gasteiger charge is 2.25. The molecule has 1 unspecified atom stereocenters. The second-order valence-electron chi connectivity index (χ2n) is 6.01. The number of nitrogens with zero attached hydrogens (tertiary/aromatic N) is 3. The van der Waals surface area contributed by atoms with Gasteiger partial charge in [-0.05, 0) is 43.1 Å². The summed E-state index contributed by atoms with van der Waals surface area (Å²) in [5, 5.41) is 0.731. The van der Waals surface area contributed by atoms with Crippen molar-refractivity contribution in [2.75, 3.05) is 7.05 Å². The summed E-state index contributed by atoms with van der Waals surface area (Å²) < 4.78 is 1.99. The summed E-state index contributed by atoms with van der Waals surface area (Å²) in [5.74, 6) is 0. The molecule has 0 radical (unpaired) electrons. The fraction of sp³-hybridized carbons (Fsp3) is 0.278. The molecule has 4 rings (SSSR count). The van der Waals surface area contributed by atoms with E-state index in [4.69, 9.17) is 11.6 Å². The Labute approximate surface area is 135 Å². The summed E-state index contributed by atoms with van der Waals surface area (Å²) in [6, 6.07) is 13.1. The van der Waals surface area contributed by atoms with E-state index < -0.39 is 0 Å². The number of rotatable bonds is 3.